The van der Waals surface area contributed by atoms with Gasteiger partial charge in [0.05, 0.1) is 0 Å². The predicted molar refractivity (Wildman–Crippen MR) is 96.5 cm³/mol. The zero-order chi connectivity index (χ0) is 16.1. The Balaban J connectivity index is 1.39. The predicted octanol–water partition coefficient (Wildman–Crippen LogP) is 4.01. The van der Waals surface area contributed by atoms with Gasteiger partial charge in [0.25, 0.3) is 5.91 Å². The molecule has 0 atom stereocenters. The number of carbonyl (C=O) groups is 1. The number of likely N-dealkylation sites (tertiary alicyclic amines) is 1. The first-order chi connectivity index (χ1) is 11.2. The van der Waals surface area contributed by atoms with E-state index in [0.29, 0.717) is 23.0 Å². The molecule has 2 heterocycles. The summed E-state index contributed by atoms with van der Waals surface area (Å²) in [5.41, 5.74) is 0.619. The maximum absolute atomic E-state index is 12.1. The van der Waals surface area contributed by atoms with E-state index in [2.05, 4.69) is 27.7 Å². The van der Waals surface area contributed by atoms with Crippen LogP contribution in [0.5, 0.6) is 0 Å². The van der Waals surface area contributed by atoms with Gasteiger partial charge in [-0.2, -0.15) is 0 Å². The number of rotatable bonds is 5. The molecule has 1 amide bonds. The van der Waals surface area contributed by atoms with Crippen LogP contribution in [0.4, 0.5) is 0 Å². The number of amides is 1. The van der Waals surface area contributed by atoms with Crippen molar-refractivity contribution in [2.75, 3.05) is 26.2 Å². The van der Waals surface area contributed by atoms with Crippen molar-refractivity contribution in [3.63, 3.8) is 0 Å². The van der Waals surface area contributed by atoms with Crippen LogP contribution in [0.2, 0.25) is 5.02 Å². The zero-order valence-corrected chi connectivity index (χ0v) is 14.6. The Bertz CT molecular complexity index is 636. The van der Waals surface area contributed by atoms with Gasteiger partial charge in [-0.05, 0) is 61.5 Å². The highest BCUT2D eigenvalue weighted by Crippen LogP contribution is 2.30. The lowest BCUT2D eigenvalue weighted by Gasteiger charge is -2.31. The van der Waals surface area contributed by atoms with Gasteiger partial charge in [0.1, 0.15) is 0 Å². The standard InChI is InChI=1S/C18H21ClN2OS/c19-16-4-1-3-15(13-16)18(22)20-8-11-21-9-6-14(7-10-21)17-5-2-12-23-17/h1-5,12-14H,6-11H2,(H,20,22). The number of nitrogens with zero attached hydrogens (tertiary/aromatic N) is 1. The van der Waals surface area contributed by atoms with Crippen molar-refractivity contribution < 1.29 is 4.79 Å². The van der Waals surface area contributed by atoms with Crippen LogP contribution in [0, 0.1) is 0 Å². The van der Waals surface area contributed by atoms with Crippen molar-refractivity contribution in [1.82, 2.24) is 10.2 Å². The average molecular weight is 349 g/mol. The smallest absolute Gasteiger partial charge is 0.251 e. The Morgan fingerprint density at radius 2 is 2.09 bits per heavy atom. The molecular formula is C18H21ClN2OS. The van der Waals surface area contributed by atoms with E-state index < -0.39 is 0 Å². The topological polar surface area (TPSA) is 32.3 Å². The van der Waals surface area contributed by atoms with Gasteiger partial charge >= 0.3 is 0 Å². The summed E-state index contributed by atoms with van der Waals surface area (Å²) in [5.74, 6) is 0.660. The molecule has 1 aliphatic rings. The van der Waals surface area contributed by atoms with E-state index in [0.717, 1.165) is 19.6 Å². The number of thiophene rings is 1. The van der Waals surface area contributed by atoms with E-state index >= 15 is 0 Å². The SMILES string of the molecule is O=C(NCCN1CCC(c2cccs2)CC1)c1cccc(Cl)c1. The number of nitrogens with one attached hydrogen (secondary N) is 1. The number of carbonyl (C=O) groups excluding carboxylic acids is 1. The van der Waals surface area contributed by atoms with Gasteiger partial charge in [0.2, 0.25) is 0 Å². The van der Waals surface area contributed by atoms with E-state index in [1.54, 1.807) is 24.3 Å². The van der Waals surface area contributed by atoms with Gasteiger partial charge in [-0.3, -0.25) is 4.79 Å². The highest BCUT2D eigenvalue weighted by molar-refractivity contribution is 7.10. The van der Waals surface area contributed by atoms with Crippen molar-refractivity contribution in [3.8, 4) is 0 Å². The zero-order valence-electron chi connectivity index (χ0n) is 13.0. The lowest BCUT2D eigenvalue weighted by Crippen LogP contribution is -2.39. The minimum absolute atomic E-state index is 0.0547. The molecule has 3 rings (SSSR count). The highest BCUT2D eigenvalue weighted by Gasteiger charge is 2.20. The summed E-state index contributed by atoms with van der Waals surface area (Å²) >= 11 is 7.78. The van der Waals surface area contributed by atoms with E-state index in [4.69, 9.17) is 11.6 Å². The number of halogens is 1. The van der Waals surface area contributed by atoms with Crippen LogP contribution in [-0.4, -0.2) is 37.0 Å². The van der Waals surface area contributed by atoms with Crippen molar-refractivity contribution >= 4 is 28.8 Å². The van der Waals surface area contributed by atoms with Crippen LogP contribution in [0.15, 0.2) is 41.8 Å². The van der Waals surface area contributed by atoms with Gasteiger partial charge < -0.3 is 10.2 Å². The molecule has 1 saturated heterocycles. The highest BCUT2D eigenvalue weighted by atomic mass is 35.5. The summed E-state index contributed by atoms with van der Waals surface area (Å²) in [6, 6.07) is 11.4. The normalized spacial score (nSPS) is 16.4. The number of piperidine rings is 1. The summed E-state index contributed by atoms with van der Waals surface area (Å²) in [6.45, 7) is 3.80. The van der Waals surface area contributed by atoms with Gasteiger partial charge in [-0.1, -0.05) is 23.7 Å². The third kappa shape index (κ3) is 4.56. The lowest BCUT2D eigenvalue weighted by molar-refractivity contribution is 0.0946. The Hall–Kier alpha value is -1.36. The lowest BCUT2D eigenvalue weighted by atomic mass is 9.95. The minimum Gasteiger partial charge on any atom is -0.351 e. The number of hydrogen-bond donors (Lipinski definition) is 1. The first kappa shape index (κ1) is 16.5. The van der Waals surface area contributed by atoms with E-state index in [9.17, 15) is 4.79 Å². The largest absolute Gasteiger partial charge is 0.351 e. The van der Waals surface area contributed by atoms with Gasteiger partial charge in [0.15, 0.2) is 0 Å². The van der Waals surface area contributed by atoms with Crippen molar-refractivity contribution in [1.29, 1.82) is 0 Å². The van der Waals surface area contributed by atoms with Crippen LogP contribution in [0.1, 0.15) is 34.0 Å². The number of hydrogen-bond acceptors (Lipinski definition) is 3. The molecule has 1 fully saturated rings. The van der Waals surface area contributed by atoms with Crippen LogP contribution < -0.4 is 5.32 Å². The molecule has 3 nitrogen and oxygen atoms in total. The van der Waals surface area contributed by atoms with E-state index in [-0.39, 0.29) is 5.91 Å². The van der Waals surface area contributed by atoms with Crippen LogP contribution in [0.25, 0.3) is 0 Å². The third-order valence-corrected chi connectivity index (χ3v) is 5.60. The molecule has 0 unspecified atom stereocenters. The Labute approximate surface area is 146 Å². The molecule has 0 spiro atoms. The molecule has 1 aromatic heterocycles. The van der Waals surface area contributed by atoms with E-state index in [1.807, 2.05) is 11.3 Å². The molecule has 1 aliphatic heterocycles. The Kier molecular flexibility index (Phi) is 5.70. The van der Waals surface area contributed by atoms with Gasteiger partial charge in [-0.25, -0.2) is 0 Å². The summed E-state index contributed by atoms with van der Waals surface area (Å²) in [7, 11) is 0. The fourth-order valence-electron chi connectivity index (χ4n) is 3.02. The van der Waals surface area contributed by atoms with Crippen molar-refractivity contribution in [3.05, 3.63) is 57.2 Å². The van der Waals surface area contributed by atoms with Gasteiger partial charge in [0, 0.05) is 28.6 Å². The molecule has 0 bridgehead atoms. The summed E-state index contributed by atoms with van der Waals surface area (Å²) < 4.78 is 0. The molecule has 0 saturated carbocycles. The molecule has 23 heavy (non-hydrogen) atoms. The second-order valence-electron chi connectivity index (χ2n) is 5.90. The number of benzene rings is 1. The second kappa shape index (κ2) is 7.95. The maximum Gasteiger partial charge on any atom is 0.251 e. The van der Waals surface area contributed by atoms with Crippen molar-refractivity contribution in [2.24, 2.45) is 0 Å². The minimum atomic E-state index is -0.0547. The summed E-state index contributed by atoms with van der Waals surface area (Å²) in [5, 5.41) is 5.73. The second-order valence-corrected chi connectivity index (χ2v) is 7.31. The Morgan fingerprint density at radius 1 is 1.26 bits per heavy atom. The van der Waals surface area contributed by atoms with Crippen LogP contribution in [-0.2, 0) is 0 Å². The Morgan fingerprint density at radius 3 is 2.78 bits per heavy atom. The third-order valence-electron chi connectivity index (χ3n) is 4.33. The molecular weight excluding hydrogens is 328 g/mol. The summed E-state index contributed by atoms with van der Waals surface area (Å²) in [4.78, 5) is 16.0. The molecule has 1 aromatic carbocycles. The first-order valence-corrected chi connectivity index (χ1v) is 9.27. The van der Waals surface area contributed by atoms with Crippen LogP contribution >= 0.6 is 22.9 Å². The molecule has 5 heteroatoms. The van der Waals surface area contributed by atoms with E-state index in [1.165, 1.54) is 17.7 Å². The molecule has 122 valence electrons. The fourth-order valence-corrected chi connectivity index (χ4v) is 4.11. The first-order valence-electron chi connectivity index (χ1n) is 8.02. The van der Waals surface area contributed by atoms with Crippen molar-refractivity contribution in [2.45, 2.75) is 18.8 Å². The quantitative estimate of drug-likeness (QED) is 0.885. The monoisotopic (exact) mass is 348 g/mol. The molecule has 2 aromatic rings. The summed E-state index contributed by atoms with van der Waals surface area (Å²) in [6.07, 6.45) is 2.42. The van der Waals surface area contributed by atoms with Crippen LogP contribution in [0.3, 0.4) is 0 Å². The molecule has 0 radical (unpaired) electrons. The van der Waals surface area contributed by atoms with Gasteiger partial charge in [-0.15, -0.1) is 11.3 Å². The fraction of sp³-hybridized carbons (Fsp3) is 0.389. The molecule has 1 N–H and O–H groups in total. The average Bonchev–Trinajstić information content (AvgIpc) is 3.10. The molecule has 0 aliphatic carbocycles. The maximum atomic E-state index is 12.1.